The lowest BCUT2D eigenvalue weighted by atomic mass is 10.2. The summed E-state index contributed by atoms with van der Waals surface area (Å²) in [5.74, 6) is 0.496. The molecular formula is C20H18N6O3. The molecule has 4 aromatic rings. The monoisotopic (exact) mass is 390 g/mol. The molecule has 0 bridgehead atoms. The second-order valence-electron chi connectivity index (χ2n) is 6.29. The van der Waals surface area contributed by atoms with Gasteiger partial charge in [0.15, 0.2) is 11.4 Å². The maximum atomic E-state index is 12.4. The van der Waals surface area contributed by atoms with Crippen LogP contribution in [0.25, 0.3) is 22.5 Å². The molecule has 3 N–H and O–H groups in total. The first-order chi connectivity index (χ1) is 14.1. The van der Waals surface area contributed by atoms with Crippen molar-refractivity contribution in [1.82, 2.24) is 25.3 Å². The van der Waals surface area contributed by atoms with Crippen molar-refractivity contribution in [1.29, 1.82) is 0 Å². The summed E-state index contributed by atoms with van der Waals surface area (Å²) in [6, 6.07) is 10.3. The van der Waals surface area contributed by atoms with E-state index in [1.807, 2.05) is 18.2 Å². The lowest BCUT2D eigenvalue weighted by Gasteiger charge is -2.09. The summed E-state index contributed by atoms with van der Waals surface area (Å²) in [7, 11) is 1.79. The number of fused-ring (bicyclic) bond motifs is 1. The number of nitrogens with one attached hydrogen (secondary N) is 3. The van der Waals surface area contributed by atoms with Gasteiger partial charge < -0.3 is 15.1 Å². The topological polar surface area (TPSA) is 126 Å². The molecule has 1 aromatic carbocycles. The number of hydrogen-bond donors (Lipinski definition) is 3. The minimum absolute atomic E-state index is 0.244. The number of nitrogens with zero attached hydrogens (tertiary/aromatic N) is 3. The largest absolute Gasteiger partial charge is 0.417 e. The van der Waals surface area contributed by atoms with Crippen molar-refractivity contribution < 1.29 is 9.21 Å². The average Bonchev–Trinajstić information content (AvgIpc) is 3.13. The van der Waals surface area contributed by atoms with E-state index in [1.165, 1.54) is 0 Å². The summed E-state index contributed by atoms with van der Waals surface area (Å²) in [5.41, 5.74) is 3.00. The van der Waals surface area contributed by atoms with Crippen molar-refractivity contribution in [2.75, 3.05) is 18.9 Å². The van der Waals surface area contributed by atoms with Gasteiger partial charge in [0.25, 0.3) is 5.91 Å². The van der Waals surface area contributed by atoms with Gasteiger partial charge in [-0.15, -0.1) is 0 Å². The number of hydrogen-bond acceptors (Lipinski definition) is 7. The van der Waals surface area contributed by atoms with Crippen LogP contribution in [0.2, 0.25) is 0 Å². The van der Waals surface area contributed by atoms with E-state index in [2.05, 4.69) is 30.6 Å². The second-order valence-corrected chi connectivity index (χ2v) is 6.29. The van der Waals surface area contributed by atoms with Crippen molar-refractivity contribution in [2.45, 2.75) is 6.42 Å². The molecule has 0 aliphatic rings. The van der Waals surface area contributed by atoms with E-state index in [-0.39, 0.29) is 5.91 Å². The molecule has 0 saturated carbocycles. The summed E-state index contributed by atoms with van der Waals surface area (Å²) in [6.07, 6.45) is 3.91. The Morgan fingerprint density at radius 3 is 2.76 bits per heavy atom. The number of pyridine rings is 1. The summed E-state index contributed by atoms with van der Waals surface area (Å²) in [6.45, 7) is 0.398. The lowest BCUT2D eigenvalue weighted by Crippen LogP contribution is -2.26. The Balaban J connectivity index is 1.45. The Bertz CT molecular complexity index is 1220. The highest BCUT2D eigenvalue weighted by molar-refractivity contribution is 5.97. The summed E-state index contributed by atoms with van der Waals surface area (Å²) >= 11 is 0. The minimum Gasteiger partial charge on any atom is -0.408 e. The fourth-order valence-corrected chi connectivity index (χ4v) is 2.88. The van der Waals surface area contributed by atoms with E-state index < -0.39 is 5.76 Å². The third-order valence-electron chi connectivity index (χ3n) is 4.32. The number of rotatable bonds is 6. The van der Waals surface area contributed by atoms with E-state index >= 15 is 0 Å². The Hall–Kier alpha value is -4.01. The second kappa shape index (κ2) is 7.93. The van der Waals surface area contributed by atoms with Gasteiger partial charge in [-0.3, -0.25) is 14.8 Å². The SMILES string of the molecule is CNc1cc(CCNC(=O)c2ccc3oc(=O)[nH]c3c2)nc(-c2ccncc2)n1. The number of oxazole rings is 1. The fraction of sp³-hybridized carbons (Fsp3) is 0.150. The standard InChI is InChI=1S/C20H18N6O3/c1-21-17-11-14(24-18(26-17)12-4-7-22-8-5-12)6-9-23-19(27)13-2-3-16-15(10-13)25-20(28)29-16/h2-5,7-8,10-11H,6,9H2,1H3,(H,23,27)(H,25,28)(H,21,24,26). The molecule has 0 unspecified atom stereocenters. The van der Waals surface area contributed by atoms with Gasteiger partial charge in [0.2, 0.25) is 0 Å². The van der Waals surface area contributed by atoms with Crippen molar-refractivity contribution in [3.05, 3.63) is 70.6 Å². The molecule has 3 aromatic heterocycles. The van der Waals surface area contributed by atoms with Crippen LogP contribution in [-0.4, -0.2) is 39.4 Å². The highest BCUT2D eigenvalue weighted by Gasteiger charge is 2.10. The van der Waals surface area contributed by atoms with Gasteiger partial charge in [0.1, 0.15) is 5.82 Å². The smallest absolute Gasteiger partial charge is 0.408 e. The number of carbonyl (C=O) groups is 1. The van der Waals surface area contributed by atoms with Crippen LogP contribution in [0.5, 0.6) is 0 Å². The summed E-state index contributed by atoms with van der Waals surface area (Å²) in [4.78, 5) is 39.2. The third kappa shape index (κ3) is 4.13. The predicted molar refractivity (Wildman–Crippen MR) is 108 cm³/mol. The highest BCUT2D eigenvalue weighted by atomic mass is 16.4. The quantitative estimate of drug-likeness (QED) is 0.460. The number of benzene rings is 1. The normalized spacial score (nSPS) is 10.8. The number of carbonyl (C=O) groups excluding carboxylic acids is 1. The molecule has 1 amide bonds. The van der Waals surface area contributed by atoms with Crippen molar-refractivity contribution in [2.24, 2.45) is 0 Å². The first-order valence-corrected chi connectivity index (χ1v) is 8.99. The zero-order chi connectivity index (χ0) is 20.2. The summed E-state index contributed by atoms with van der Waals surface area (Å²) in [5, 5.41) is 5.89. The Labute approximate surface area is 165 Å². The van der Waals surface area contributed by atoms with Gasteiger partial charge in [-0.1, -0.05) is 0 Å². The van der Waals surface area contributed by atoms with Crippen molar-refractivity contribution >= 4 is 22.8 Å². The number of aromatic nitrogens is 4. The van der Waals surface area contributed by atoms with Gasteiger partial charge in [0, 0.05) is 55.3 Å². The van der Waals surface area contributed by atoms with Crippen LogP contribution in [0, 0.1) is 0 Å². The first kappa shape index (κ1) is 18.4. The zero-order valence-corrected chi connectivity index (χ0v) is 15.6. The van der Waals surface area contributed by atoms with E-state index in [0.29, 0.717) is 41.3 Å². The maximum Gasteiger partial charge on any atom is 0.417 e. The molecule has 0 fully saturated rings. The summed E-state index contributed by atoms with van der Waals surface area (Å²) < 4.78 is 4.94. The van der Waals surface area contributed by atoms with Gasteiger partial charge in [-0.2, -0.15) is 0 Å². The number of anilines is 1. The molecule has 4 rings (SSSR count). The molecule has 3 heterocycles. The van der Waals surface area contributed by atoms with Crippen LogP contribution in [0.4, 0.5) is 5.82 Å². The van der Waals surface area contributed by atoms with E-state index in [4.69, 9.17) is 4.42 Å². The van der Waals surface area contributed by atoms with Gasteiger partial charge >= 0.3 is 5.76 Å². The molecule has 0 saturated heterocycles. The number of amides is 1. The molecule has 9 nitrogen and oxygen atoms in total. The third-order valence-corrected chi connectivity index (χ3v) is 4.32. The first-order valence-electron chi connectivity index (χ1n) is 8.99. The fourth-order valence-electron chi connectivity index (χ4n) is 2.88. The van der Waals surface area contributed by atoms with Crippen LogP contribution in [-0.2, 0) is 6.42 Å². The molecule has 0 radical (unpaired) electrons. The maximum absolute atomic E-state index is 12.4. The molecular weight excluding hydrogens is 372 g/mol. The van der Waals surface area contributed by atoms with Crippen molar-refractivity contribution in [3.63, 3.8) is 0 Å². The van der Waals surface area contributed by atoms with E-state index in [0.717, 1.165) is 11.3 Å². The molecule has 0 atom stereocenters. The minimum atomic E-state index is -0.549. The Morgan fingerprint density at radius 2 is 1.97 bits per heavy atom. The van der Waals surface area contributed by atoms with Crippen LogP contribution >= 0.6 is 0 Å². The predicted octanol–water partition coefficient (Wildman–Crippen LogP) is 1.99. The average molecular weight is 390 g/mol. The Kier molecular flexibility index (Phi) is 5.02. The molecule has 0 aliphatic heterocycles. The molecule has 0 aliphatic carbocycles. The molecule has 9 heteroatoms. The van der Waals surface area contributed by atoms with Crippen LogP contribution in [0.3, 0.4) is 0 Å². The number of aromatic amines is 1. The Morgan fingerprint density at radius 1 is 1.14 bits per heavy atom. The van der Waals surface area contributed by atoms with Crippen LogP contribution in [0.1, 0.15) is 16.1 Å². The van der Waals surface area contributed by atoms with Crippen LogP contribution in [0.15, 0.2) is 58.0 Å². The highest BCUT2D eigenvalue weighted by Crippen LogP contribution is 2.17. The number of H-pyrrole nitrogens is 1. The zero-order valence-electron chi connectivity index (χ0n) is 15.6. The molecule has 29 heavy (non-hydrogen) atoms. The lowest BCUT2D eigenvalue weighted by molar-refractivity contribution is 0.0954. The van der Waals surface area contributed by atoms with Gasteiger partial charge in [-0.05, 0) is 30.3 Å². The van der Waals surface area contributed by atoms with Crippen LogP contribution < -0.4 is 16.4 Å². The molecule has 0 spiro atoms. The van der Waals surface area contributed by atoms with Crippen molar-refractivity contribution in [3.8, 4) is 11.4 Å². The van der Waals surface area contributed by atoms with Gasteiger partial charge in [-0.25, -0.2) is 14.8 Å². The van der Waals surface area contributed by atoms with Gasteiger partial charge in [0.05, 0.1) is 5.52 Å². The molecule has 146 valence electrons. The van der Waals surface area contributed by atoms with E-state index in [9.17, 15) is 9.59 Å². The van der Waals surface area contributed by atoms with E-state index in [1.54, 1.807) is 37.6 Å².